The third kappa shape index (κ3) is 5.70. The number of nitrogens with zero attached hydrogens (tertiary/aromatic N) is 1. The van der Waals surface area contributed by atoms with Crippen molar-refractivity contribution < 1.29 is 9.84 Å². The first kappa shape index (κ1) is 18.7. The van der Waals surface area contributed by atoms with Gasteiger partial charge in [-0.2, -0.15) is 0 Å². The van der Waals surface area contributed by atoms with Crippen LogP contribution in [-0.4, -0.2) is 43.6 Å². The van der Waals surface area contributed by atoms with Crippen molar-refractivity contribution in [1.82, 2.24) is 5.32 Å². The molecule has 0 radical (unpaired) electrons. The van der Waals surface area contributed by atoms with Gasteiger partial charge in [0.2, 0.25) is 0 Å². The second-order valence-corrected chi connectivity index (χ2v) is 7.62. The molecular formula is C21H34N2O2. The Labute approximate surface area is 152 Å². The number of rotatable bonds is 8. The van der Waals surface area contributed by atoms with E-state index in [1.807, 2.05) is 0 Å². The van der Waals surface area contributed by atoms with E-state index in [0.717, 1.165) is 45.5 Å². The van der Waals surface area contributed by atoms with Crippen LogP contribution < -0.4 is 10.2 Å². The molecule has 0 aromatic heterocycles. The number of aliphatic hydroxyl groups excluding tert-OH is 1. The molecule has 0 spiro atoms. The lowest BCUT2D eigenvalue weighted by molar-refractivity contribution is 0.0566. The Morgan fingerprint density at radius 3 is 2.48 bits per heavy atom. The van der Waals surface area contributed by atoms with Gasteiger partial charge in [-0.1, -0.05) is 25.0 Å². The van der Waals surface area contributed by atoms with Crippen LogP contribution in [0.3, 0.4) is 0 Å². The van der Waals surface area contributed by atoms with Gasteiger partial charge >= 0.3 is 0 Å². The number of hydrogen-bond acceptors (Lipinski definition) is 4. The monoisotopic (exact) mass is 346 g/mol. The molecule has 1 aromatic carbocycles. The van der Waals surface area contributed by atoms with Gasteiger partial charge in [0.15, 0.2) is 0 Å². The van der Waals surface area contributed by atoms with Crippen LogP contribution >= 0.6 is 0 Å². The third-order valence-corrected chi connectivity index (χ3v) is 5.65. The minimum atomic E-state index is -0.114. The molecule has 2 fully saturated rings. The molecule has 25 heavy (non-hydrogen) atoms. The van der Waals surface area contributed by atoms with Crippen molar-refractivity contribution in [3.05, 3.63) is 29.8 Å². The van der Waals surface area contributed by atoms with E-state index in [1.54, 1.807) is 0 Å². The van der Waals surface area contributed by atoms with Gasteiger partial charge in [-0.25, -0.2) is 0 Å². The first-order valence-electron chi connectivity index (χ1n) is 10.1. The normalized spacial score (nSPS) is 21.0. The number of hydrogen-bond donors (Lipinski definition) is 2. The van der Waals surface area contributed by atoms with Crippen LogP contribution in [0.25, 0.3) is 0 Å². The summed E-state index contributed by atoms with van der Waals surface area (Å²) in [6.07, 6.45) is 8.44. The van der Waals surface area contributed by atoms with E-state index in [1.165, 1.54) is 36.9 Å². The van der Waals surface area contributed by atoms with Crippen molar-refractivity contribution in [2.45, 2.75) is 70.1 Å². The summed E-state index contributed by atoms with van der Waals surface area (Å²) in [5.74, 6) is 0. The lowest BCUT2D eigenvalue weighted by Gasteiger charge is -2.31. The summed E-state index contributed by atoms with van der Waals surface area (Å²) in [5, 5.41) is 13.2. The van der Waals surface area contributed by atoms with Crippen LogP contribution in [-0.2, 0) is 4.74 Å². The fraction of sp³-hybridized carbons (Fsp3) is 0.714. The number of aliphatic hydroxyl groups is 1. The zero-order valence-electron chi connectivity index (χ0n) is 15.6. The van der Waals surface area contributed by atoms with E-state index in [-0.39, 0.29) is 6.10 Å². The maximum atomic E-state index is 9.63. The van der Waals surface area contributed by atoms with E-state index in [4.69, 9.17) is 4.74 Å². The fourth-order valence-electron chi connectivity index (χ4n) is 3.91. The molecule has 4 heteroatoms. The Kier molecular flexibility index (Phi) is 7.14. The smallest absolute Gasteiger partial charge is 0.0575 e. The van der Waals surface area contributed by atoms with Gasteiger partial charge < -0.3 is 20.1 Å². The Bertz CT molecular complexity index is 491. The summed E-state index contributed by atoms with van der Waals surface area (Å²) in [6, 6.07) is 9.26. The van der Waals surface area contributed by atoms with Gasteiger partial charge in [0.1, 0.15) is 0 Å². The van der Waals surface area contributed by atoms with Crippen molar-refractivity contribution in [1.29, 1.82) is 0 Å². The maximum absolute atomic E-state index is 9.63. The van der Waals surface area contributed by atoms with Crippen LogP contribution in [0, 0.1) is 0 Å². The maximum Gasteiger partial charge on any atom is 0.0575 e. The molecule has 140 valence electrons. The summed E-state index contributed by atoms with van der Waals surface area (Å²) < 4.78 is 5.92. The predicted molar refractivity (Wildman–Crippen MR) is 103 cm³/mol. The fourth-order valence-corrected chi connectivity index (χ4v) is 3.91. The van der Waals surface area contributed by atoms with Gasteiger partial charge in [0.05, 0.1) is 12.2 Å². The molecule has 2 aliphatic rings. The van der Waals surface area contributed by atoms with Gasteiger partial charge in [-0.3, -0.25) is 0 Å². The molecule has 1 atom stereocenters. The summed E-state index contributed by atoms with van der Waals surface area (Å²) in [6.45, 7) is 6.01. The number of benzene rings is 1. The molecule has 3 rings (SSSR count). The lowest BCUT2D eigenvalue weighted by atomic mass is 10.0. The Hall–Kier alpha value is -1.10. The van der Waals surface area contributed by atoms with Gasteiger partial charge in [0, 0.05) is 31.4 Å². The topological polar surface area (TPSA) is 44.7 Å². The summed E-state index contributed by atoms with van der Waals surface area (Å²) in [4.78, 5) is 2.37. The molecule has 4 nitrogen and oxygen atoms in total. The van der Waals surface area contributed by atoms with Crippen LogP contribution in [0.15, 0.2) is 24.3 Å². The van der Waals surface area contributed by atoms with Crippen molar-refractivity contribution in [2.75, 3.05) is 31.1 Å². The van der Waals surface area contributed by atoms with Gasteiger partial charge in [-0.15, -0.1) is 0 Å². The molecule has 1 aliphatic heterocycles. The highest BCUT2D eigenvalue weighted by Crippen LogP contribution is 2.23. The van der Waals surface area contributed by atoms with E-state index in [9.17, 15) is 5.11 Å². The number of nitrogens with one attached hydrogen (secondary N) is 1. The summed E-state index contributed by atoms with van der Waals surface area (Å²) >= 11 is 0. The molecule has 2 N–H and O–H groups in total. The number of anilines is 1. The minimum absolute atomic E-state index is 0.114. The SMILES string of the molecule is CC(NCCCOC1CCCC1)c1ccc(N2CCC(O)CC2)cc1. The molecule has 1 unspecified atom stereocenters. The summed E-state index contributed by atoms with van der Waals surface area (Å²) in [5.41, 5.74) is 2.60. The quantitative estimate of drug-likeness (QED) is 0.705. The zero-order valence-corrected chi connectivity index (χ0v) is 15.6. The molecule has 1 saturated heterocycles. The largest absolute Gasteiger partial charge is 0.393 e. The number of ether oxygens (including phenoxy) is 1. The predicted octanol–water partition coefficient (Wildman–Crippen LogP) is 3.65. The van der Waals surface area contributed by atoms with Crippen LogP contribution in [0.1, 0.15) is 63.5 Å². The van der Waals surface area contributed by atoms with Crippen LogP contribution in [0.2, 0.25) is 0 Å². The minimum Gasteiger partial charge on any atom is -0.393 e. The third-order valence-electron chi connectivity index (χ3n) is 5.65. The number of piperidine rings is 1. The highest BCUT2D eigenvalue weighted by molar-refractivity contribution is 5.48. The standard InChI is InChI=1S/C21H34N2O2/c1-17(22-13-4-16-25-21-5-2-3-6-21)18-7-9-19(10-8-18)23-14-11-20(24)12-15-23/h7-10,17,20-22,24H,2-6,11-16H2,1H3. The highest BCUT2D eigenvalue weighted by Gasteiger charge is 2.17. The average Bonchev–Trinajstić information content (AvgIpc) is 3.15. The molecular weight excluding hydrogens is 312 g/mol. The molecule has 0 bridgehead atoms. The average molecular weight is 347 g/mol. The Morgan fingerprint density at radius 1 is 1.12 bits per heavy atom. The van der Waals surface area contributed by atoms with Crippen molar-refractivity contribution in [3.8, 4) is 0 Å². The van der Waals surface area contributed by atoms with Gasteiger partial charge in [-0.05, 0) is 63.3 Å². The molecule has 1 saturated carbocycles. The van der Waals surface area contributed by atoms with E-state index >= 15 is 0 Å². The second-order valence-electron chi connectivity index (χ2n) is 7.62. The Balaban J connectivity index is 1.36. The van der Waals surface area contributed by atoms with Crippen molar-refractivity contribution >= 4 is 5.69 Å². The van der Waals surface area contributed by atoms with E-state index in [0.29, 0.717) is 12.1 Å². The first-order valence-corrected chi connectivity index (χ1v) is 10.1. The Morgan fingerprint density at radius 2 is 1.80 bits per heavy atom. The highest BCUT2D eigenvalue weighted by atomic mass is 16.5. The van der Waals surface area contributed by atoms with Crippen molar-refractivity contribution in [2.24, 2.45) is 0 Å². The van der Waals surface area contributed by atoms with Crippen molar-refractivity contribution in [3.63, 3.8) is 0 Å². The van der Waals surface area contributed by atoms with Crippen LogP contribution in [0.4, 0.5) is 5.69 Å². The molecule has 1 heterocycles. The first-order chi connectivity index (χ1) is 12.2. The molecule has 0 amide bonds. The molecule has 1 aromatic rings. The second kappa shape index (κ2) is 9.56. The van der Waals surface area contributed by atoms with E-state index in [2.05, 4.69) is 41.4 Å². The van der Waals surface area contributed by atoms with Crippen LogP contribution in [0.5, 0.6) is 0 Å². The summed E-state index contributed by atoms with van der Waals surface area (Å²) in [7, 11) is 0. The zero-order chi connectivity index (χ0) is 17.5. The molecule has 1 aliphatic carbocycles. The van der Waals surface area contributed by atoms with E-state index < -0.39 is 0 Å². The van der Waals surface area contributed by atoms with Gasteiger partial charge in [0.25, 0.3) is 0 Å². The lowest BCUT2D eigenvalue weighted by Crippen LogP contribution is -2.35.